The van der Waals surface area contributed by atoms with Crippen LogP contribution in [0.25, 0.3) is 0 Å². The first kappa shape index (κ1) is 8.02. The highest BCUT2D eigenvalue weighted by molar-refractivity contribution is 4.82. The van der Waals surface area contributed by atoms with E-state index in [4.69, 9.17) is 5.73 Å². The Morgan fingerprint density at radius 3 is 2.60 bits per heavy atom. The lowest BCUT2D eigenvalue weighted by Gasteiger charge is -2.41. The molecule has 0 aromatic rings. The Labute approximate surface area is 63.4 Å². The van der Waals surface area contributed by atoms with Gasteiger partial charge >= 0.3 is 0 Å². The summed E-state index contributed by atoms with van der Waals surface area (Å²) in [5.74, 6) is 0. The number of rotatable bonds is 1. The van der Waals surface area contributed by atoms with Crippen LogP contribution in [0.2, 0.25) is 0 Å². The molecule has 0 aliphatic carbocycles. The summed E-state index contributed by atoms with van der Waals surface area (Å²) >= 11 is 0. The average molecular weight is 142 g/mol. The summed E-state index contributed by atoms with van der Waals surface area (Å²) in [7, 11) is 0. The van der Waals surface area contributed by atoms with Gasteiger partial charge in [-0.25, -0.2) is 0 Å². The SMILES string of the molecule is CCN1CCCCC1(C)N. The number of hydrogen-bond donors (Lipinski definition) is 1. The van der Waals surface area contributed by atoms with Gasteiger partial charge in [-0.1, -0.05) is 6.92 Å². The van der Waals surface area contributed by atoms with Gasteiger partial charge in [-0.05, 0) is 39.3 Å². The van der Waals surface area contributed by atoms with E-state index in [2.05, 4.69) is 18.7 Å². The van der Waals surface area contributed by atoms with Crippen molar-refractivity contribution in [1.82, 2.24) is 4.90 Å². The van der Waals surface area contributed by atoms with Gasteiger partial charge in [0.25, 0.3) is 0 Å². The summed E-state index contributed by atoms with van der Waals surface area (Å²) in [5, 5.41) is 0. The van der Waals surface area contributed by atoms with Crippen LogP contribution in [0, 0.1) is 0 Å². The molecular weight excluding hydrogens is 124 g/mol. The summed E-state index contributed by atoms with van der Waals surface area (Å²) in [6.45, 7) is 6.59. The fourth-order valence-corrected chi connectivity index (χ4v) is 1.72. The Morgan fingerprint density at radius 2 is 2.20 bits per heavy atom. The summed E-state index contributed by atoms with van der Waals surface area (Å²) < 4.78 is 0. The monoisotopic (exact) mass is 142 g/mol. The molecule has 1 unspecified atom stereocenters. The fraction of sp³-hybridized carbons (Fsp3) is 1.00. The van der Waals surface area contributed by atoms with Gasteiger partial charge in [-0.15, -0.1) is 0 Å². The van der Waals surface area contributed by atoms with Crippen LogP contribution < -0.4 is 5.73 Å². The molecule has 1 rings (SSSR count). The van der Waals surface area contributed by atoms with Crippen LogP contribution in [-0.4, -0.2) is 23.7 Å². The molecule has 60 valence electrons. The van der Waals surface area contributed by atoms with Gasteiger partial charge in [0.05, 0.1) is 5.66 Å². The smallest absolute Gasteiger partial charge is 0.0658 e. The van der Waals surface area contributed by atoms with E-state index in [1.54, 1.807) is 0 Å². The summed E-state index contributed by atoms with van der Waals surface area (Å²) in [4.78, 5) is 2.36. The molecule has 0 aromatic carbocycles. The third-order valence-electron chi connectivity index (χ3n) is 2.47. The maximum Gasteiger partial charge on any atom is 0.0658 e. The number of nitrogens with two attached hydrogens (primary N) is 1. The molecule has 10 heavy (non-hydrogen) atoms. The van der Waals surface area contributed by atoms with E-state index in [1.807, 2.05) is 0 Å². The third kappa shape index (κ3) is 1.50. The molecule has 1 atom stereocenters. The van der Waals surface area contributed by atoms with Crippen molar-refractivity contribution in [2.75, 3.05) is 13.1 Å². The van der Waals surface area contributed by atoms with Gasteiger partial charge in [0, 0.05) is 0 Å². The Hall–Kier alpha value is -0.0800. The van der Waals surface area contributed by atoms with Gasteiger partial charge < -0.3 is 5.73 Å². The second kappa shape index (κ2) is 2.89. The predicted octanol–water partition coefficient (Wildman–Crippen LogP) is 1.17. The highest BCUT2D eigenvalue weighted by Crippen LogP contribution is 2.21. The molecular formula is C8H18N2. The van der Waals surface area contributed by atoms with Crippen LogP contribution in [0.4, 0.5) is 0 Å². The van der Waals surface area contributed by atoms with Crippen LogP contribution >= 0.6 is 0 Å². The average Bonchev–Trinajstić information content (AvgIpc) is 1.87. The molecule has 1 aliphatic heterocycles. The molecule has 1 heterocycles. The van der Waals surface area contributed by atoms with E-state index in [0.29, 0.717) is 0 Å². The summed E-state index contributed by atoms with van der Waals surface area (Å²) in [5.41, 5.74) is 6.04. The molecule has 1 fully saturated rings. The molecule has 0 aromatic heterocycles. The number of piperidine rings is 1. The standard InChI is InChI=1S/C8H18N2/c1-3-10-7-5-4-6-8(10,2)9/h3-7,9H2,1-2H3. The molecule has 0 spiro atoms. The quantitative estimate of drug-likeness (QED) is 0.595. The van der Waals surface area contributed by atoms with Crippen molar-refractivity contribution in [2.24, 2.45) is 5.73 Å². The van der Waals surface area contributed by atoms with Crippen molar-refractivity contribution < 1.29 is 0 Å². The highest BCUT2D eigenvalue weighted by Gasteiger charge is 2.28. The molecule has 0 bridgehead atoms. The summed E-state index contributed by atoms with van der Waals surface area (Å²) in [6.07, 6.45) is 3.77. The first-order chi connectivity index (χ1) is 4.67. The van der Waals surface area contributed by atoms with Crippen LogP contribution in [0.5, 0.6) is 0 Å². The zero-order chi connectivity index (χ0) is 7.61. The Morgan fingerprint density at radius 1 is 1.50 bits per heavy atom. The first-order valence-electron chi connectivity index (χ1n) is 4.21. The van der Waals surface area contributed by atoms with Crippen molar-refractivity contribution in [3.8, 4) is 0 Å². The largest absolute Gasteiger partial charge is 0.313 e. The van der Waals surface area contributed by atoms with Crippen molar-refractivity contribution in [3.63, 3.8) is 0 Å². The maximum atomic E-state index is 6.06. The zero-order valence-electron chi connectivity index (χ0n) is 7.06. The van der Waals surface area contributed by atoms with Crippen LogP contribution in [0.15, 0.2) is 0 Å². The molecule has 2 N–H and O–H groups in total. The van der Waals surface area contributed by atoms with Gasteiger partial charge in [-0.3, -0.25) is 4.90 Å². The second-order valence-electron chi connectivity index (χ2n) is 3.39. The Kier molecular flexibility index (Phi) is 2.32. The van der Waals surface area contributed by atoms with E-state index >= 15 is 0 Å². The zero-order valence-corrected chi connectivity index (χ0v) is 7.06. The fourth-order valence-electron chi connectivity index (χ4n) is 1.72. The molecule has 2 heteroatoms. The molecule has 1 aliphatic rings. The number of nitrogens with zero attached hydrogens (tertiary/aromatic N) is 1. The molecule has 1 saturated heterocycles. The van der Waals surface area contributed by atoms with E-state index < -0.39 is 0 Å². The minimum Gasteiger partial charge on any atom is -0.313 e. The first-order valence-corrected chi connectivity index (χ1v) is 4.21. The normalized spacial score (nSPS) is 36.3. The van der Waals surface area contributed by atoms with E-state index in [0.717, 1.165) is 13.0 Å². The predicted molar refractivity (Wildman–Crippen MR) is 43.7 cm³/mol. The third-order valence-corrected chi connectivity index (χ3v) is 2.47. The van der Waals surface area contributed by atoms with Crippen molar-refractivity contribution in [3.05, 3.63) is 0 Å². The lowest BCUT2D eigenvalue weighted by Crippen LogP contribution is -2.55. The minimum absolute atomic E-state index is 0.0208. The van der Waals surface area contributed by atoms with Crippen LogP contribution in [0.3, 0.4) is 0 Å². The van der Waals surface area contributed by atoms with E-state index in [9.17, 15) is 0 Å². The van der Waals surface area contributed by atoms with Gasteiger partial charge in [0.15, 0.2) is 0 Å². The van der Waals surface area contributed by atoms with Crippen molar-refractivity contribution in [2.45, 2.75) is 38.8 Å². The minimum atomic E-state index is -0.0208. The van der Waals surface area contributed by atoms with Gasteiger partial charge in [0.2, 0.25) is 0 Å². The lowest BCUT2D eigenvalue weighted by molar-refractivity contribution is 0.0728. The number of hydrogen-bond acceptors (Lipinski definition) is 2. The highest BCUT2D eigenvalue weighted by atomic mass is 15.3. The van der Waals surface area contributed by atoms with Gasteiger partial charge in [-0.2, -0.15) is 0 Å². The molecule has 0 radical (unpaired) electrons. The Balaban J connectivity index is 2.51. The maximum absolute atomic E-state index is 6.06. The molecule has 0 amide bonds. The lowest BCUT2D eigenvalue weighted by atomic mass is 9.98. The topological polar surface area (TPSA) is 29.3 Å². The van der Waals surface area contributed by atoms with Crippen LogP contribution in [-0.2, 0) is 0 Å². The Bertz CT molecular complexity index is 110. The molecule has 0 saturated carbocycles. The van der Waals surface area contributed by atoms with Crippen LogP contribution in [0.1, 0.15) is 33.1 Å². The summed E-state index contributed by atoms with van der Waals surface area (Å²) in [6, 6.07) is 0. The van der Waals surface area contributed by atoms with Gasteiger partial charge in [0.1, 0.15) is 0 Å². The van der Waals surface area contributed by atoms with E-state index in [-0.39, 0.29) is 5.66 Å². The number of likely N-dealkylation sites (tertiary alicyclic amines) is 1. The van der Waals surface area contributed by atoms with E-state index in [1.165, 1.54) is 19.4 Å². The van der Waals surface area contributed by atoms with Crippen molar-refractivity contribution >= 4 is 0 Å². The van der Waals surface area contributed by atoms with Crippen molar-refractivity contribution in [1.29, 1.82) is 0 Å². The molecule has 2 nitrogen and oxygen atoms in total. The second-order valence-corrected chi connectivity index (χ2v) is 3.39.